The van der Waals surface area contributed by atoms with Gasteiger partial charge in [0.15, 0.2) is 0 Å². The van der Waals surface area contributed by atoms with Crippen molar-refractivity contribution in [2.24, 2.45) is 5.73 Å². The maximum Gasteiger partial charge on any atom is 0.248 e. The predicted molar refractivity (Wildman–Crippen MR) is 46.9 cm³/mol. The van der Waals surface area contributed by atoms with E-state index in [4.69, 9.17) is 5.73 Å². The van der Waals surface area contributed by atoms with Crippen LogP contribution in [0.15, 0.2) is 18.2 Å². The topological polar surface area (TPSA) is 43.1 Å². The van der Waals surface area contributed by atoms with Crippen LogP contribution in [0.1, 0.15) is 15.9 Å². The smallest absolute Gasteiger partial charge is 0.248 e. The van der Waals surface area contributed by atoms with Crippen LogP contribution in [0.3, 0.4) is 0 Å². The van der Waals surface area contributed by atoms with Crippen LogP contribution in [0.2, 0.25) is 0 Å². The first-order chi connectivity index (χ1) is 5.11. The van der Waals surface area contributed by atoms with Gasteiger partial charge in [-0.25, -0.2) is 4.39 Å². The maximum atomic E-state index is 12.7. The van der Waals surface area contributed by atoms with Crippen molar-refractivity contribution in [3.8, 4) is 0 Å². The number of hydrogen-bond acceptors (Lipinski definition) is 1. The molecule has 0 saturated heterocycles. The number of aryl methyl sites for hydroxylation is 1. The molecule has 0 aliphatic carbocycles. The van der Waals surface area contributed by atoms with Gasteiger partial charge in [-0.1, -0.05) is 6.07 Å². The molecular formula is C8H9ClFNO. The Kier molecular flexibility index (Phi) is 3.70. The van der Waals surface area contributed by atoms with Gasteiger partial charge in [-0.2, -0.15) is 0 Å². The number of rotatable bonds is 1. The van der Waals surface area contributed by atoms with E-state index in [1.165, 1.54) is 12.1 Å². The van der Waals surface area contributed by atoms with Crippen LogP contribution in [0.4, 0.5) is 4.39 Å². The van der Waals surface area contributed by atoms with Crippen LogP contribution in [0.5, 0.6) is 0 Å². The van der Waals surface area contributed by atoms with Crippen molar-refractivity contribution >= 4 is 18.3 Å². The number of benzene rings is 1. The molecule has 2 nitrogen and oxygen atoms in total. The number of hydrogen-bond donors (Lipinski definition) is 1. The monoisotopic (exact) mass is 189 g/mol. The molecule has 1 rings (SSSR count). The van der Waals surface area contributed by atoms with Crippen molar-refractivity contribution in [3.05, 3.63) is 35.1 Å². The second kappa shape index (κ2) is 4.07. The molecule has 0 aliphatic heterocycles. The highest BCUT2D eigenvalue weighted by Gasteiger charge is 2.02. The molecule has 12 heavy (non-hydrogen) atoms. The normalized spacial score (nSPS) is 8.83. The second-order valence-corrected chi connectivity index (χ2v) is 2.33. The lowest BCUT2D eigenvalue weighted by molar-refractivity contribution is 0.1000. The molecule has 0 fully saturated rings. The molecule has 0 spiro atoms. The number of carbonyl (C=O) groups is 1. The van der Waals surface area contributed by atoms with Gasteiger partial charge in [-0.15, -0.1) is 12.4 Å². The van der Waals surface area contributed by atoms with Gasteiger partial charge in [0.25, 0.3) is 0 Å². The third-order valence-electron chi connectivity index (χ3n) is 1.46. The Bertz CT molecular complexity index is 301. The fraction of sp³-hybridized carbons (Fsp3) is 0.125. The lowest BCUT2D eigenvalue weighted by Crippen LogP contribution is -2.11. The van der Waals surface area contributed by atoms with Crippen molar-refractivity contribution in [2.75, 3.05) is 0 Å². The molecule has 4 heteroatoms. The molecule has 1 amide bonds. The van der Waals surface area contributed by atoms with Crippen molar-refractivity contribution in [2.45, 2.75) is 6.92 Å². The summed E-state index contributed by atoms with van der Waals surface area (Å²) in [6, 6.07) is 4.16. The summed E-state index contributed by atoms with van der Waals surface area (Å²) in [4.78, 5) is 10.5. The van der Waals surface area contributed by atoms with E-state index in [9.17, 15) is 9.18 Å². The third-order valence-corrected chi connectivity index (χ3v) is 1.46. The van der Waals surface area contributed by atoms with Crippen molar-refractivity contribution in [1.29, 1.82) is 0 Å². The van der Waals surface area contributed by atoms with Crippen molar-refractivity contribution in [3.63, 3.8) is 0 Å². The van der Waals surface area contributed by atoms with E-state index in [0.29, 0.717) is 5.56 Å². The summed E-state index contributed by atoms with van der Waals surface area (Å²) in [7, 11) is 0. The van der Waals surface area contributed by atoms with Gasteiger partial charge in [-0.05, 0) is 24.6 Å². The molecule has 0 unspecified atom stereocenters. The molecule has 0 radical (unpaired) electrons. The van der Waals surface area contributed by atoms with E-state index in [-0.39, 0.29) is 18.0 Å². The third kappa shape index (κ3) is 2.20. The molecule has 2 N–H and O–H groups in total. The molecule has 0 bridgehead atoms. The molecular weight excluding hydrogens is 181 g/mol. The van der Waals surface area contributed by atoms with Gasteiger partial charge in [-0.3, -0.25) is 4.79 Å². The molecule has 0 aromatic heterocycles. The van der Waals surface area contributed by atoms with Crippen LogP contribution < -0.4 is 5.73 Å². The number of primary amides is 1. The largest absolute Gasteiger partial charge is 0.366 e. The Morgan fingerprint density at radius 2 is 2.08 bits per heavy atom. The average molecular weight is 190 g/mol. The van der Waals surface area contributed by atoms with Gasteiger partial charge in [0, 0.05) is 5.56 Å². The highest BCUT2D eigenvalue weighted by atomic mass is 35.5. The number of halogens is 2. The van der Waals surface area contributed by atoms with Gasteiger partial charge >= 0.3 is 0 Å². The first kappa shape index (κ1) is 10.9. The number of carbonyl (C=O) groups excluding carboxylic acids is 1. The maximum absolute atomic E-state index is 12.7. The first-order valence-corrected chi connectivity index (χ1v) is 3.17. The van der Waals surface area contributed by atoms with E-state index in [0.717, 1.165) is 6.07 Å². The minimum atomic E-state index is -0.608. The minimum absolute atomic E-state index is 0. The van der Waals surface area contributed by atoms with Crippen molar-refractivity contribution in [1.82, 2.24) is 0 Å². The van der Waals surface area contributed by atoms with E-state index < -0.39 is 11.7 Å². The molecule has 0 heterocycles. The summed E-state index contributed by atoms with van der Waals surface area (Å²) < 4.78 is 12.7. The summed E-state index contributed by atoms with van der Waals surface area (Å²) in [6.07, 6.45) is 0. The SMILES string of the molecule is Cc1ccc(C(N)=O)cc1F.Cl. The number of amides is 1. The average Bonchev–Trinajstić information content (AvgIpc) is 1.94. The zero-order valence-electron chi connectivity index (χ0n) is 6.50. The summed E-state index contributed by atoms with van der Waals surface area (Å²) >= 11 is 0. The number of nitrogens with two attached hydrogens (primary N) is 1. The fourth-order valence-electron chi connectivity index (χ4n) is 0.746. The summed E-state index contributed by atoms with van der Waals surface area (Å²) in [5.41, 5.74) is 5.64. The highest BCUT2D eigenvalue weighted by molar-refractivity contribution is 5.92. The first-order valence-electron chi connectivity index (χ1n) is 3.17. The predicted octanol–water partition coefficient (Wildman–Crippen LogP) is 1.65. The van der Waals surface area contributed by atoms with Crippen LogP contribution in [-0.2, 0) is 0 Å². The zero-order chi connectivity index (χ0) is 8.43. The lowest BCUT2D eigenvalue weighted by Gasteiger charge is -1.97. The van der Waals surface area contributed by atoms with Gasteiger partial charge in [0.05, 0.1) is 0 Å². The quantitative estimate of drug-likeness (QED) is 0.718. The van der Waals surface area contributed by atoms with Gasteiger partial charge < -0.3 is 5.73 Å². The molecule has 0 atom stereocenters. The van der Waals surface area contributed by atoms with Gasteiger partial charge in [0.2, 0.25) is 5.91 Å². The minimum Gasteiger partial charge on any atom is -0.366 e. The Morgan fingerprint density at radius 3 is 2.50 bits per heavy atom. The zero-order valence-corrected chi connectivity index (χ0v) is 7.32. The summed E-state index contributed by atoms with van der Waals surface area (Å²) in [6.45, 7) is 1.63. The Balaban J connectivity index is 0.00000121. The molecule has 1 aromatic rings. The highest BCUT2D eigenvalue weighted by Crippen LogP contribution is 2.07. The Morgan fingerprint density at radius 1 is 1.50 bits per heavy atom. The molecule has 0 aliphatic rings. The van der Waals surface area contributed by atoms with Crippen molar-refractivity contribution < 1.29 is 9.18 Å². The standard InChI is InChI=1S/C8H8FNO.ClH/c1-5-2-3-6(8(10)11)4-7(5)9;/h2-4H,1H3,(H2,10,11);1H. The Hall–Kier alpha value is -1.09. The van der Waals surface area contributed by atoms with Crippen LogP contribution in [-0.4, -0.2) is 5.91 Å². The van der Waals surface area contributed by atoms with E-state index >= 15 is 0 Å². The molecule has 0 saturated carbocycles. The van der Waals surface area contributed by atoms with E-state index in [1.807, 2.05) is 0 Å². The molecule has 66 valence electrons. The second-order valence-electron chi connectivity index (χ2n) is 2.33. The van der Waals surface area contributed by atoms with E-state index in [1.54, 1.807) is 6.92 Å². The van der Waals surface area contributed by atoms with E-state index in [2.05, 4.69) is 0 Å². The van der Waals surface area contributed by atoms with Crippen LogP contribution >= 0.6 is 12.4 Å². The fourth-order valence-corrected chi connectivity index (χ4v) is 0.746. The summed E-state index contributed by atoms with van der Waals surface area (Å²) in [5.74, 6) is -1.01. The molecule has 1 aromatic carbocycles. The van der Waals surface area contributed by atoms with Crippen LogP contribution in [0.25, 0.3) is 0 Å². The van der Waals surface area contributed by atoms with Crippen LogP contribution in [0, 0.1) is 12.7 Å². The lowest BCUT2D eigenvalue weighted by atomic mass is 10.1. The summed E-state index contributed by atoms with van der Waals surface area (Å²) in [5, 5.41) is 0. The van der Waals surface area contributed by atoms with Gasteiger partial charge in [0.1, 0.15) is 5.82 Å². The Labute approximate surface area is 76.0 Å².